The molecule has 78 valence electrons. The van der Waals surface area contributed by atoms with E-state index in [0.29, 0.717) is 11.3 Å². The van der Waals surface area contributed by atoms with Gasteiger partial charge in [-0.05, 0) is 24.3 Å². The Labute approximate surface area is 91.8 Å². The van der Waals surface area contributed by atoms with Gasteiger partial charge in [-0.1, -0.05) is 0 Å². The summed E-state index contributed by atoms with van der Waals surface area (Å²) < 4.78 is 0. The van der Waals surface area contributed by atoms with Gasteiger partial charge in [0, 0.05) is 18.1 Å². The van der Waals surface area contributed by atoms with E-state index in [0.717, 1.165) is 0 Å². The minimum Gasteiger partial charge on any atom is -0.341 e. The standard InChI is InChI=1S/C11H8N4O/c12-7-8-1-3-9(4-2-8)15-11(16)10-13-5-6-14-10/h1-6H,(H,13,14)(H,15,16). The first-order chi connectivity index (χ1) is 7.79. The summed E-state index contributed by atoms with van der Waals surface area (Å²) in [6, 6.07) is 8.61. The molecule has 0 saturated heterocycles. The number of aromatic nitrogens is 2. The molecular weight excluding hydrogens is 204 g/mol. The summed E-state index contributed by atoms with van der Waals surface area (Å²) in [6.07, 6.45) is 3.08. The number of amides is 1. The molecule has 2 aromatic rings. The first kappa shape index (κ1) is 9.93. The van der Waals surface area contributed by atoms with E-state index in [1.165, 1.54) is 6.20 Å². The van der Waals surface area contributed by atoms with Crippen molar-refractivity contribution in [3.63, 3.8) is 0 Å². The van der Waals surface area contributed by atoms with Crippen LogP contribution in [0.4, 0.5) is 5.69 Å². The molecule has 1 aromatic heterocycles. The molecule has 0 radical (unpaired) electrons. The molecule has 0 atom stereocenters. The highest BCUT2D eigenvalue weighted by molar-refractivity contribution is 6.01. The van der Waals surface area contributed by atoms with E-state index < -0.39 is 0 Å². The lowest BCUT2D eigenvalue weighted by atomic mass is 10.2. The number of carbonyl (C=O) groups excluding carboxylic acids is 1. The first-order valence-electron chi connectivity index (χ1n) is 4.60. The molecule has 0 fully saturated rings. The molecule has 2 N–H and O–H groups in total. The van der Waals surface area contributed by atoms with Crippen LogP contribution in [0.1, 0.15) is 16.2 Å². The summed E-state index contributed by atoms with van der Waals surface area (Å²) >= 11 is 0. The minimum atomic E-state index is -0.310. The van der Waals surface area contributed by atoms with Gasteiger partial charge >= 0.3 is 0 Å². The molecule has 0 unspecified atom stereocenters. The number of H-pyrrole nitrogens is 1. The van der Waals surface area contributed by atoms with Crippen molar-refractivity contribution in [2.75, 3.05) is 5.32 Å². The zero-order chi connectivity index (χ0) is 11.4. The number of benzene rings is 1. The van der Waals surface area contributed by atoms with Crippen LogP contribution in [0.3, 0.4) is 0 Å². The van der Waals surface area contributed by atoms with Gasteiger partial charge in [0.25, 0.3) is 5.91 Å². The molecule has 5 nitrogen and oxygen atoms in total. The molecule has 0 spiro atoms. The molecule has 2 rings (SSSR count). The monoisotopic (exact) mass is 212 g/mol. The van der Waals surface area contributed by atoms with E-state index >= 15 is 0 Å². The van der Waals surface area contributed by atoms with Crippen LogP contribution in [-0.4, -0.2) is 15.9 Å². The Kier molecular flexibility index (Phi) is 2.65. The Balaban J connectivity index is 2.10. The molecule has 0 aliphatic rings. The Morgan fingerprint density at radius 3 is 2.69 bits per heavy atom. The maximum absolute atomic E-state index is 11.6. The predicted molar refractivity (Wildman–Crippen MR) is 57.7 cm³/mol. The van der Waals surface area contributed by atoms with Crippen molar-refractivity contribution in [1.29, 1.82) is 5.26 Å². The lowest BCUT2D eigenvalue weighted by Crippen LogP contribution is -2.13. The summed E-state index contributed by atoms with van der Waals surface area (Å²) in [5, 5.41) is 11.3. The van der Waals surface area contributed by atoms with E-state index in [1.807, 2.05) is 6.07 Å². The van der Waals surface area contributed by atoms with Gasteiger partial charge in [-0.2, -0.15) is 5.26 Å². The minimum absolute atomic E-state index is 0.254. The average molecular weight is 212 g/mol. The van der Waals surface area contributed by atoms with Crippen LogP contribution in [0.15, 0.2) is 36.7 Å². The second-order valence-corrected chi connectivity index (χ2v) is 3.08. The zero-order valence-electron chi connectivity index (χ0n) is 8.27. The second-order valence-electron chi connectivity index (χ2n) is 3.08. The van der Waals surface area contributed by atoms with Crippen molar-refractivity contribution in [1.82, 2.24) is 9.97 Å². The highest BCUT2D eigenvalue weighted by atomic mass is 16.2. The van der Waals surface area contributed by atoms with Crippen molar-refractivity contribution in [2.24, 2.45) is 0 Å². The number of hydrogen-bond donors (Lipinski definition) is 2. The molecule has 0 aliphatic heterocycles. The molecule has 5 heteroatoms. The Morgan fingerprint density at radius 1 is 1.38 bits per heavy atom. The quantitative estimate of drug-likeness (QED) is 0.792. The number of rotatable bonds is 2. The lowest BCUT2D eigenvalue weighted by molar-refractivity contribution is 0.101. The van der Waals surface area contributed by atoms with Crippen molar-refractivity contribution in [2.45, 2.75) is 0 Å². The molecular formula is C11H8N4O. The fourth-order valence-electron chi connectivity index (χ4n) is 1.21. The molecule has 1 aromatic carbocycles. The maximum Gasteiger partial charge on any atom is 0.291 e. The molecule has 0 saturated carbocycles. The highest BCUT2D eigenvalue weighted by Gasteiger charge is 2.07. The van der Waals surface area contributed by atoms with Gasteiger partial charge in [-0.3, -0.25) is 4.79 Å². The predicted octanol–water partition coefficient (Wildman–Crippen LogP) is 1.53. The number of nitrogens with one attached hydrogen (secondary N) is 2. The third kappa shape index (κ3) is 2.07. The summed E-state index contributed by atoms with van der Waals surface area (Å²) in [6.45, 7) is 0. The van der Waals surface area contributed by atoms with Gasteiger partial charge in [0.2, 0.25) is 0 Å². The van der Waals surface area contributed by atoms with Gasteiger partial charge in [-0.25, -0.2) is 4.98 Å². The number of imidazole rings is 1. The number of aromatic amines is 1. The van der Waals surface area contributed by atoms with Crippen LogP contribution >= 0.6 is 0 Å². The fraction of sp³-hybridized carbons (Fsp3) is 0. The first-order valence-corrected chi connectivity index (χ1v) is 4.60. The smallest absolute Gasteiger partial charge is 0.291 e. The lowest BCUT2D eigenvalue weighted by Gasteiger charge is -2.02. The molecule has 0 bridgehead atoms. The van der Waals surface area contributed by atoms with Gasteiger partial charge in [0.1, 0.15) is 0 Å². The Morgan fingerprint density at radius 2 is 2.12 bits per heavy atom. The topological polar surface area (TPSA) is 81.6 Å². The average Bonchev–Trinajstić information content (AvgIpc) is 2.83. The normalized spacial score (nSPS) is 9.44. The molecule has 0 aliphatic carbocycles. The number of hydrogen-bond acceptors (Lipinski definition) is 3. The van der Waals surface area contributed by atoms with Crippen LogP contribution < -0.4 is 5.32 Å². The van der Waals surface area contributed by atoms with Gasteiger partial charge < -0.3 is 10.3 Å². The van der Waals surface area contributed by atoms with Crippen molar-refractivity contribution >= 4 is 11.6 Å². The van der Waals surface area contributed by atoms with Crippen LogP contribution in [0.25, 0.3) is 0 Å². The number of nitrogens with zero attached hydrogens (tertiary/aromatic N) is 2. The van der Waals surface area contributed by atoms with Crippen LogP contribution in [-0.2, 0) is 0 Å². The summed E-state index contributed by atoms with van der Waals surface area (Å²) in [5.41, 5.74) is 1.18. The van der Waals surface area contributed by atoms with Gasteiger partial charge in [0.15, 0.2) is 5.82 Å². The summed E-state index contributed by atoms with van der Waals surface area (Å²) in [7, 11) is 0. The zero-order valence-corrected chi connectivity index (χ0v) is 8.27. The van der Waals surface area contributed by atoms with E-state index in [1.54, 1.807) is 30.5 Å². The van der Waals surface area contributed by atoms with Crippen LogP contribution in [0.5, 0.6) is 0 Å². The maximum atomic E-state index is 11.6. The van der Waals surface area contributed by atoms with E-state index in [4.69, 9.17) is 5.26 Å². The Hall–Kier alpha value is -2.61. The molecule has 16 heavy (non-hydrogen) atoms. The third-order valence-electron chi connectivity index (χ3n) is 1.99. The van der Waals surface area contributed by atoms with E-state index in [-0.39, 0.29) is 11.7 Å². The van der Waals surface area contributed by atoms with E-state index in [2.05, 4.69) is 15.3 Å². The molecule has 1 heterocycles. The number of anilines is 1. The number of carbonyl (C=O) groups is 1. The van der Waals surface area contributed by atoms with Gasteiger partial charge in [-0.15, -0.1) is 0 Å². The Bertz CT molecular complexity index is 522. The van der Waals surface area contributed by atoms with Crippen LogP contribution in [0.2, 0.25) is 0 Å². The van der Waals surface area contributed by atoms with Crippen molar-refractivity contribution in [3.05, 3.63) is 48.0 Å². The van der Waals surface area contributed by atoms with E-state index in [9.17, 15) is 4.79 Å². The molecule has 1 amide bonds. The second kappa shape index (κ2) is 4.28. The van der Waals surface area contributed by atoms with Crippen molar-refractivity contribution < 1.29 is 4.79 Å². The number of nitriles is 1. The highest BCUT2D eigenvalue weighted by Crippen LogP contribution is 2.09. The third-order valence-corrected chi connectivity index (χ3v) is 1.99. The van der Waals surface area contributed by atoms with Gasteiger partial charge in [0.05, 0.1) is 11.6 Å². The SMILES string of the molecule is N#Cc1ccc(NC(=O)c2ncc[nH]2)cc1. The summed E-state index contributed by atoms with van der Waals surface area (Å²) in [5.74, 6) is -0.0564. The largest absolute Gasteiger partial charge is 0.341 e. The summed E-state index contributed by atoms with van der Waals surface area (Å²) in [4.78, 5) is 18.1. The fourth-order valence-corrected chi connectivity index (χ4v) is 1.21. The van der Waals surface area contributed by atoms with Crippen LogP contribution in [0, 0.1) is 11.3 Å². The van der Waals surface area contributed by atoms with Crippen molar-refractivity contribution in [3.8, 4) is 6.07 Å².